The summed E-state index contributed by atoms with van der Waals surface area (Å²) in [5, 5.41) is 0. The van der Waals surface area contributed by atoms with Crippen molar-refractivity contribution in [2.45, 2.75) is 44.6 Å². The van der Waals surface area contributed by atoms with Gasteiger partial charge in [0.05, 0.1) is 5.60 Å². The number of hydrogen-bond acceptors (Lipinski definition) is 1. The molecular weight excluding hydrogens is 124 g/mol. The van der Waals surface area contributed by atoms with Gasteiger partial charge in [0.15, 0.2) is 0 Å². The van der Waals surface area contributed by atoms with Gasteiger partial charge < -0.3 is 4.74 Å². The quantitative estimate of drug-likeness (QED) is 0.543. The fraction of sp³-hybridized carbons (Fsp3) is 1.00. The van der Waals surface area contributed by atoms with Crippen LogP contribution in [0.1, 0.15) is 39.0 Å². The van der Waals surface area contributed by atoms with E-state index in [2.05, 4.69) is 6.92 Å². The van der Waals surface area contributed by atoms with Crippen LogP contribution in [0.3, 0.4) is 0 Å². The summed E-state index contributed by atoms with van der Waals surface area (Å²) in [6.07, 6.45) is 6.69. The maximum atomic E-state index is 5.71. The Balaban J connectivity index is 1.86. The lowest BCUT2D eigenvalue weighted by Gasteiger charge is -2.44. The Hall–Kier alpha value is -0.0400. The number of rotatable bonds is 1. The van der Waals surface area contributed by atoms with Crippen molar-refractivity contribution in [3.63, 3.8) is 0 Å². The van der Waals surface area contributed by atoms with Crippen LogP contribution in [0.4, 0.5) is 0 Å². The van der Waals surface area contributed by atoms with E-state index in [0.717, 1.165) is 12.5 Å². The second-order valence-corrected chi connectivity index (χ2v) is 3.82. The van der Waals surface area contributed by atoms with Gasteiger partial charge in [-0.05, 0) is 31.6 Å². The van der Waals surface area contributed by atoms with Gasteiger partial charge in [-0.1, -0.05) is 13.3 Å². The van der Waals surface area contributed by atoms with Gasteiger partial charge in [0, 0.05) is 6.61 Å². The molecule has 0 radical (unpaired) electrons. The monoisotopic (exact) mass is 140 g/mol. The zero-order valence-corrected chi connectivity index (χ0v) is 6.73. The van der Waals surface area contributed by atoms with Crippen LogP contribution in [-0.2, 0) is 4.74 Å². The van der Waals surface area contributed by atoms with Crippen LogP contribution >= 0.6 is 0 Å². The normalized spacial score (nSPS) is 45.9. The Morgan fingerprint density at radius 2 is 2.30 bits per heavy atom. The molecule has 0 N–H and O–H groups in total. The molecule has 2 fully saturated rings. The standard InChI is InChI=1S/C9H16O/c1-2-8-6-9(7-8)4-3-5-10-9/h8H,2-7H2,1H3. The van der Waals surface area contributed by atoms with E-state index in [1.54, 1.807) is 0 Å². The van der Waals surface area contributed by atoms with E-state index in [0.29, 0.717) is 5.60 Å². The molecule has 0 aromatic rings. The molecule has 1 heteroatoms. The highest BCUT2D eigenvalue weighted by atomic mass is 16.5. The van der Waals surface area contributed by atoms with Gasteiger partial charge in [-0.15, -0.1) is 0 Å². The maximum Gasteiger partial charge on any atom is 0.0688 e. The first-order valence-corrected chi connectivity index (χ1v) is 4.49. The third kappa shape index (κ3) is 0.878. The molecule has 1 heterocycles. The highest BCUT2D eigenvalue weighted by Gasteiger charge is 2.46. The third-order valence-corrected chi connectivity index (χ3v) is 3.08. The average Bonchev–Trinajstić information content (AvgIpc) is 2.30. The first kappa shape index (κ1) is 6.66. The van der Waals surface area contributed by atoms with Crippen LogP contribution in [-0.4, -0.2) is 12.2 Å². The Morgan fingerprint density at radius 3 is 2.80 bits per heavy atom. The minimum absolute atomic E-state index is 0.390. The third-order valence-electron chi connectivity index (χ3n) is 3.08. The SMILES string of the molecule is CCC1CC2(CCCO2)C1. The molecule has 1 nitrogen and oxygen atoms in total. The molecule has 1 aliphatic heterocycles. The van der Waals surface area contributed by atoms with Crippen LogP contribution in [0.2, 0.25) is 0 Å². The Bertz CT molecular complexity index is 117. The summed E-state index contributed by atoms with van der Waals surface area (Å²) in [6, 6.07) is 0. The zero-order valence-electron chi connectivity index (χ0n) is 6.73. The molecule has 1 spiro atoms. The fourth-order valence-electron chi connectivity index (χ4n) is 2.36. The summed E-state index contributed by atoms with van der Waals surface area (Å²) in [4.78, 5) is 0. The Labute approximate surface area is 62.8 Å². The second-order valence-electron chi connectivity index (χ2n) is 3.82. The van der Waals surface area contributed by atoms with Crippen LogP contribution in [0, 0.1) is 5.92 Å². The van der Waals surface area contributed by atoms with Crippen molar-refractivity contribution in [1.29, 1.82) is 0 Å². The molecule has 2 rings (SSSR count). The minimum atomic E-state index is 0.390. The highest BCUT2D eigenvalue weighted by molar-refractivity contribution is 4.97. The van der Waals surface area contributed by atoms with Gasteiger partial charge in [0.25, 0.3) is 0 Å². The predicted molar refractivity (Wildman–Crippen MR) is 40.9 cm³/mol. The molecule has 0 atom stereocenters. The van der Waals surface area contributed by atoms with Gasteiger partial charge >= 0.3 is 0 Å². The van der Waals surface area contributed by atoms with Gasteiger partial charge in [0.2, 0.25) is 0 Å². The second kappa shape index (κ2) is 2.23. The summed E-state index contributed by atoms with van der Waals surface area (Å²) in [5.41, 5.74) is 0.390. The van der Waals surface area contributed by atoms with E-state index in [4.69, 9.17) is 4.74 Å². The summed E-state index contributed by atoms with van der Waals surface area (Å²) < 4.78 is 5.71. The minimum Gasteiger partial charge on any atom is -0.375 e. The van der Waals surface area contributed by atoms with E-state index < -0.39 is 0 Å². The van der Waals surface area contributed by atoms with Crippen molar-refractivity contribution in [1.82, 2.24) is 0 Å². The van der Waals surface area contributed by atoms with Crippen LogP contribution in [0.15, 0.2) is 0 Å². The molecule has 10 heavy (non-hydrogen) atoms. The topological polar surface area (TPSA) is 9.23 Å². The molecular formula is C9H16O. The summed E-state index contributed by atoms with van der Waals surface area (Å²) >= 11 is 0. The number of ether oxygens (including phenoxy) is 1. The maximum absolute atomic E-state index is 5.71. The molecule has 1 aliphatic carbocycles. The van der Waals surface area contributed by atoms with E-state index >= 15 is 0 Å². The van der Waals surface area contributed by atoms with Crippen molar-refractivity contribution in [3.8, 4) is 0 Å². The molecule has 1 saturated carbocycles. The molecule has 1 saturated heterocycles. The lowest BCUT2D eigenvalue weighted by molar-refractivity contribution is -0.0911. The first-order valence-electron chi connectivity index (χ1n) is 4.49. The molecule has 0 aromatic heterocycles. The van der Waals surface area contributed by atoms with Gasteiger partial charge in [-0.2, -0.15) is 0 Å². The summed E-state index contributed by atoms with van der Waals surface area (Å²) in [5.74, 6) is 0.984. The highest BCUT2D eigenvalue weighted by Crippen LogP contribution is 2.48. The lowest BCUT2D eigenvalue weighted by Crippen LogP contribution is -2.42. The molecule has 0 unspecified atom stereocenters. The Morgan fingerprint density at radius 1 is 1.50 bits per heavy atom. The lowest BCUT2D eigenvalue weighted by atomic mass is 9.68. The molecule has 0 bridgehead atoms. The smallest absolute Gasteiger partial charge is 0.0688 e. The van der Waals surface area contributed by atoms with E-state index in [9.17, 15) is 0 Å². The van der Waals surface area contributed by atoms with E-state index in [-0.39, 0.29) is 0 Å². The van der Waals surface area contributed by atoms with Crippen LogP contribution in [0.5, 0.6) is 0 Å². The summed E-state index contributed by atoms with van der Waals surface area (Å²) in [7, 11) is 0. The zero-order chi connectivity index (χ0) is 7.03. The molecule has 0 amide bonds. The fourth-order valence-corrected chi connectivity index (χ4v) is 2.36. The van der Waals surface area contributed by atoms with Gasteiger partial charge in [0.1, 0.15) is 0 Å². The van der Waals surface area contributed by atoms with Gasteiger partial charge in [-0.25, -0.2) is 0 Å². The summed E-state index contributed by atoms with van der Waals surface area (Å²) in [6.45, 7) is 3.31. The van der Waals surface area contributed by atoms with Crippen LogP contribution < -0.4 is 0 Å². The van der Waals surface area contributed by atoms with E-state index in [1.165, 1.54) is 32.1 Å². The molecule has 0 aromatic carbocycles. The van der Waals surface area contributed by atoms with Crippen molar-refractivity contribution in [2.75, 3.05) is 6.61 Å². The number of hydrogen-bond donors (Lipinski definition) is 0. The van der Waals surface area contributed by atoms with Crippen LogP contribution in [0.25, 0.3) is 0 Å². The molecule has 58 valence electrons. The largest absolute Gasteiger partial charge is 0.375 e. The Kier molecular flexibility index (Phi) is 1.48. The predicted octanol–water partition coefficient (Wildman–Crippen LogP) is 2.36. The van der Waals surface area contributed by atoms with Crippen molar-refractivity contribution in [2.24, 2.45) is 5.92 Å². The van der Waals surface area contributed by atoms with Crippen molar-refractivity contribution < 1.29 is 4.74 Å². The van der Waals surface area contributed by atoms with Crippen molar-refractivity contribution >= 4 is 0 Å². The first-order chi connectivity index (χ1) is 4.85. The average molecular weight is 140 g/mol. The molecule has 2 aliphatic rings. The van der Waals surface area contributed by atoms with Gasteiger partial charge in [-0.3, -0.25) is 0 Å². The van der Waals surface area contributed by atoms with Crippen molar-refractivity contribution in [3.05, 3.63) is 0 Å². The van der Waals surface area contributed by atoms with E-state index in [1.807, 2.05) is 0 Å².